The molecule has 2 aliphatic heterocycles. The molecular weight excluding hydrogens is 414 g/mol. The molecule has 168 valence electrons. The van der Waals surface area contributed by atoms with Crippen LogP contribution >= 0.6 is 0 Å². The van der Waals surface area contributed by atoms with Gasteiger partial charge in [-0.25, -0.2) is 4.79 Å². The van der Waals surface area contributed by atoms with Gasteiger partial charge in [-0.15, -0.1) is 0 Å². The first-order chi connectivity index (χ1) is 15.4. The standard InChI is InChI=1S/C23H25N3O6/c1-15(29)24-11-20-12-26(22(30)31-20)19-8-6-17(7-9-19)16-2-4-18(5-3-16)21-10-23(13-27,14-28)32-25-21/h2-9,20,27-28H,10-14H2,1H3,(H,24,29). The van der Waals surface area contributed by atoms with Crippen LogP contribution in [0.2, 0.25) is 0 Å². The van der Waals surface area contributed by atoms with Gasteiger partial charge in [0.05, 0.1) is 32.0 Å². The van der Waals surface area contributed by atoms with Crippen LogP contribution in [-0.2, 0) is 14.4 Å². The van der Waals surface area contributed by atoms with Crippen molar-refractivity contribution < 1.29 is 29.4 Å². The minimum absolute atomic E-state index is 0.163. The average molecular weight is 439 g/mol. The molecule has 1 unspecified atom stereocenters. The highest BCUT2D eigenvalue weighted by molar-refractivity contribution is 6.02. The van der Waals surface area contributed by atoms with Gasteiger partial charge in [-0.1, -0.05) is 41.6 Å². The summed E-state index contributed by atoms with van der Waals surface area (Å²) in [6.45, 7) is 1.47. The maximum atomic E-state index is 12.2. The number of benzene rings is 2. The van der Waals surface area contributed by atoms with Crippen molar-refractivity contribution in [3.63, 3.8) is 0 Å². The number of nitrogens with one attached hydrogen (secondary N) is 1. The van der Waals surface area contributed by atoms with E-state index in [2.05, 4.69) is 10.5 Å². The number of hydrogen-bond acceptors (Lipinski definition) is 7. The molecule has 2 aromatic rings. The highest BCUT2D eigenvalue weighted by Crippen LogP contribution is 2.29. The lowest BCUT2D eigenvalue weighted by Gasteiger charge is -2.20. The topological polar surface area (TPSA) is 121 Å². The zero-order chi connectivity index (χ0) is 22.7. The Morgan fingerprint density at radius 2 is 1.69 bits per heavy atom. The SMILES string of the molecule is CC(=O)NCC1CN(c2ccc(-c3ccc(C4=NOC(CO)(CO)C4)cc3)cc2)C(=O)O1. The predicted octanol–water partition coefficient (Wildman–Crippen LogP) is 1.66. The van der Waals surface area contributed by atoms with E-state index in [0.717, 1.165) is 22.4 Å². The van der Waals surface area contributed by atoms with Crippen LogP contribution in [0.1, 0.15) is 18.9 Å². The van der Waals surface area contributed by atoms with Crippen molar-refractivity contribution in [2.45, 2.75) is 25.0 Å². The molecule has 2 aliphatic rings. The van der Waals surface area contributed by atoms with Crippen LogP contribution in [0.4, 0.5) is 10.5 Å². The van der Waals surface area contributed by atoms with Gasteiger partial charge in [0.25, 0.3) is 0 Å². The molecule has 9 nitrogen and oxygen atoms in total. The first-order valence-electron chi connectivity index (χ1n) is 10.3. The van der Waals surface area contributed by atoms with Gasteiger partial charge in [0.15, 0.2) is 5.60 Å². The Morgan fingerprint density at radius 1 is 1.09 bits per heavy atom. The van der Waals surface area contributed by atoms with E-state index in [0.29, 0.717) is 18.7 Å². The Morgan fingerprint density at radius 3 is 2.25 bits per heavy atom. The summed E-state index contributed by atoms with van der Waals surface area (Å²) in [5, 5.41) is 25.6. The van der Waals surface area contributed by atoms with E-state index in [-0.39, 0.29) is 31.8 Å². The molecule has 1 atom stereocenters. The maximum absolute atomic E-state index is 12.2. The zero-order valence-electron chi connectivity index (χ0n) is 17.7. The quantitative estimate of drug-likeness (QED) is 0.604. The van der Waals surface area contributed by atoms with Crippen LogP contribution in [0.5, 0.6) is 0 Å². The molecule has 0 bridgehead atoms. The van der Waals surface area contributed by atoms with E-state index < -0.39 is 11.7 Å². The van der Waals surface area contributed by atoms with Crippen LogP contribution < -0.4 is 10.2 Å². The molecule has 32 heavy (non-hydrogen) atoms. The summed E-state index contributed by atoms with van der Waals surface area (Å²) in [4.78, 5) is 30.0. The predicted molar refractivity (Wildman–Crippen MR) is 117 cm³/mol. The van der Waals surface area contributed by atoms with Crippen molar-refractivity contribution in [2.24, 2.45) is 5.16 Å². The molecule has 1 saturated heterocycles. The fourth-order valence-electron chi connectivity index (χ4n) is 3.68. The number of aliphatic hydroxyl groups is 2. The highest BCUT2D eigenvalue weighted by Gasteiger charge is 2.38. The lowest BCUT2D eigenvalue weighted by molar-refractivity contribution is -0.119. The summed E-state index contributed by atoms with van der Waals surface area (Å²) in [6, 6.07) is 15.3. The highest BCUT2D eigenvalue weighted by atomic mass is 16.7. The molecule has 0 aliphatic carbocycles. The number of anilines is 1. The normalized spacial score (nSPS) is 19.3. The van der Waals surface area contributed by atoms with Gasteiger partial charge >= 0.3 is 6.09 Å². The smallest absolute Gasteiger partial charge is 0.414 e. The van der Waals surface area contributed by atoms with Gasteiger partial charge in [-0.05, 0) is 28.8 Å². The Kier molecular flexibility index (Phi) is 6.11. The van der Waals surface area contributed by atoms with Gasteiger partial charge in [-0.2, -0.15) is 0 Å². The van der Waals surface area contributed by atoms with Gasteiger partial charge < -0.3 is 25.1 Å². The van der Waals surface area contributed by atoms with Gasteiger partial charge in [0.1, 0.15) is 6.10 Å². The molecular formula is C23H25N3O6. The van der Waals surface area contributed by atoms with Crippen molar-refractivity contribution in [1.29, 1.82) is 0 Å². The zero-order valence-corrected chi connectivity index (χ0v) is 17.7. The number of nitrogens with zero attached hydrogens (tertiary/aromatic N) is 2. The minimum atomic E-state index is -1.05. The van der Waals surface area contributed by atoms with Crippen molar-refractivity contribution >= 4 is 23.4 Å². The van der Waals surface area contributed by atoms with Crippen molar-refractivity contribution in [2.75, 3.05) is 31.2 Å². The van der Waals surface area contributed by atoms with E-state index in [1.165, 1.54) is 6.92 Å². The van der Waals surface area contributed by atoms with Crippen LogP contribution in [0.15, 0.2) is 53.7 Å². The number of rotatable bonds is 7. The molecule has 2 heterocycles. The number of ether oxygens (including phenoxy) is 1. The molecule has 4 rings (SSSR count). The van der Waals surface area contributed by atoms with Crippen LogP contribution in [-0.4, -0.2) is 65.9 Å². The monoisotopic (exact) mass is 439 g/mol. The molecule has 1 fully saturated rings. The third-order valence-electron chi connectivity index (χ3n) is 5.60. The number of amides is 2. The first-order valence-corrected chi connectivity index (χ1v) is 10.3. The first kappa shape index (κ1) is 21.8. The Hall–Kier alpha value is -3.43. The summed E-state index contributed by atoms with van der Waals surface area (Å²) in [7, 11) is 0. The average Bonchev–Trinajstić information content (AvgIpc) is 3.42. The van der Waals surface area contributed by atoms with Gasteiger partial charge in [-0.3, -0.25) is 9.69 Å². The van der Waals surface area contributed by atoms with Crippen LogP contribution in [0.3, 0.4) is 0 Å². The second-order valence-electron chi connectivity index (χ2n) is 7.98. The van der Waals surface area contributed by atoms with Gasteiger partial charge in [0, 0.05) is 19.0 Å². The Bertz CT molecular complexity index is 1020. The molecule has 0 radical (unpaired) electrons. The molecule has 9 heteroatoms. The fraction of sp³-hybridized carbons (Fsp3) is 0.348. The van der Waals surface area contributed by atoms with Crippen molar-refractivity contribution in [3.05, 3.63) is 54.1 Å². The second kappa shape index (κ2) is 8.97. The fourth-order valence-corrected chi connectivity index (χ4v) is 3.68. The Balaban J connectivity index is 1.41. The second-order valence-corrected chi connectivity index (χ2v) is 7.98. The number of aliphatic hydroxyl groups excluding tert-OH is 2. The number of hydrogen-bond donors (Lipinski definition) is 3. The van der Waals surface area contributed by atoms with E-state index >= 15 is 0 Å². The maximum Gasteiger partial charge on any atom is 0.414 e. The summed E-state index contributed by atoms with van der Waals surface area (Å²) in [5.74, 6) is -0.163. The third kappa shape index (κ3) is 4.44. The van der Waals surface area contributed by atoms with E-state index in [1.807, 2.05) is 48.5 Å². The summed E-state index contributed by atoms with van der Waals surface area (Å²) >= 11 is 0. The number of carbonyl (C=O) groups excluding carboxylic acids is 2. The molecule has 0 saturated carbocycles. The molecule has 3 N–H and O–H groups in total. The number of oxime groups is 1. The van der Waals surface area contributed by atoms with Gasteiger partial charge in [0.2, 0.25) is 5.91 Å². The molecule has 0 spiro atoms. The van der Waals surface area contributed by atoms with Crippen molar-refractivity contribution in [3.8, 4) is 11.1 Å². The lowest BCUT2D eigenvalue weighted by Crippen LogP contribution is -2.37. The summed E-state index contributed by atoms with van der Waals surface area (Å²) in [5.41, 5.74) is 3.18. The van der Waals surface area contributed by atoms with Crippen LogP contribution in [0.25, 0.3) is 11.1 Å². The summed E-state index contributed by atoms with van der Waals surface area (Å²) < 4.78 is 5.31. The molecule has 2 amide bonds. The van der Waals surface area contributed by atoms with E-state index in [1.54, 1.807) is 4.90 Å². The third-order valence-corrected chi connectivity index (χ3v) is 5.60. The molecule has 2 aromatic carbocycles. The number of carbonyl (C=O) groups is 2. The van der Waals surface area contributed by atoms with E-state index in [9.17, 15) is 19.8 Å². The minimum Gasteiger partial charge on any atom is -0.442 e. The summed E-state index contributed by atoms with van der Waals surface area (Å²) in [6.07, 6.45) is -0.474. The lowest BCUT2D eigenvalue weighted by atomic mass is 9.94. The molecule has 0 aromatic heterocycles. The Labute approximate surface area is 185 Å². The van der Waals surface area contributed by atoms with Crippen LogP contribution in [0, 0.1) is 0 Å². The van der Waals surface area contributed by atoms with Crippen molar-refractivity contribution in [1.82, 2.24) is 5.32 Å². The van der Waals surface area contributed by atoms with E-state index in [4.69, 9.17) is 9.57 Å². The number of cyclic esters (lactones) is 1. The largest absolute Gasteiger partial charge is 0.442 e.